The zero-order valence-corrected chi connectivity index (χ0v) is 27.5. The van der Waals surface area contributed by atoms with Gasteiger partial charge in [-0.15, -0.1) is 11.8 Å². The molecule has 4 aromatic rings. The van der Waals surface area contributed by atoms with Gasteiger partial charge in [-0.25, -0.2) is 14.0 Å². The second-order valence-corrected chi connectivity index (χ2v) is 14.1. The molecule has 2 aliphatic rings. The zero-order chi connectivity index (χ0) is 33.8. The molecule has 1 fully saturated rings. The van der Waals surface area contributed by atoms with Crippen molar-refractivity contribution in [3.8, 4) is 11.1 Å². The van der Waals surface area contributed by atoms with Crippen molar-refractivity contribution in [3.05, 3.63) is 82.3 Å². The maximum Gasteiger partial charge on any atom is 0.417 e. The summed E-state index contributed by atoms with van der Waals surface area (Å²) in [5, 5.41) is 0.178. The summed E-state index contributed by atoms with van der Waals surface area (Å²) in [6, 6.07) is 10.6. The Morgan fingerprint density at radius 1 is 1.00 bits per heavy atom. The molecule has 0 saturated carbocycles. The molecule has 0 spiro atoms. The number of anilines is 1. The number of thioether (sulfide) groups is 1. The van der Waals surface area contributed by atoms with Crippen LogP contribution >= 0.6 is 11.8 Å². The summed E-state index contributed by atoms with van der Waals surface area (Å²) in [6.07, 6.45) is -3.63. The van der Waals surface area contributed by atoms with Gasteiger partial charge in [0.2, 0.25) is 0 Å². The summed E-state index contributed by atoms with van der Waals surface area (Å²) in [7, 11) is 0. The van der Waals surface area contributed by atoms with Gasteiger partial charge in [-0.3, -0.25) is 14.5 Å². The van der Waals surface area contributed by atoms with E-state index < -0.39 is 47.0 Å². The molecule has 2 aromatic carbocycles. The lowest BCUT2D eigenvalue weighted by molar-refractivity contribution is -0.137. The molecule has 1 saturated heterocycles. The number of aromatic nitrogens is 3. The molecule has 13 heteroatoms. The molecule has 248 valence electrons. The highest BCUT2D eigenvalue weighted by Crippen LogP contribution is 2.49. The number of halogens is 4. The first-order valence-corrected chi connectivity index (χ1v) is 16.4. The van der Waals surface area contributed by atoms with Crippen molar-refractivity contribution in [2.24, 2.45) is 0 Å². The van der Waals surface area contributed by atoms with Gasteiger partial charge in [0.05, 0.1) is 23.2 Å². The van der Waals surface area contributed by atoms with E-state index in [4.69, 9.17) is 4.74 Å². The van der Waals surface area contributed by atoms with Crippen LogP contribution in [0.1, 0.15) is 51.8 Å². The average molecular weight is 670 g/mol. The Morgan fingerprint density at radius 2 is 1.68 bits per heavy atom. The monoisotopic (exact) mass is 669 g/mol. The number of hydrogen-bond donors (Lipinski definition) is 0. The van der Waals surface area contributed by atoms with E-state index in [0.29, 0.717) is 17.0 Å². The number of hydrogen-bond acceptors (Lipinski definition) is 7. The van der Waals surface area contributed by atoms with Crippen LogP contribution in [-0.4, -0.2) is 62.1 Å². The van der Waals surface area contributed by atoms with E-state index in [9.17, 15) is 14.0 Å². The summed E-state index contributed by atoms with van der Waals surface area (Å²) < 4.78 is 66.1. The minimum atomic E-state index is -4.78. The van der Waals surface area contributed by atoms with E-state index in [2.05, 4.69) is 9.97 Å². The van der Waals surface area contributed by atoms with Crippen LogP contribution in [-0.2, 0) is 17.5 Å². The van der Waals surface area contributed by atoms with Crippen molar-refractivity contribution in [2.75, 3.05) is 23.7 Å². The van der Waals surface area contributed by atoms with Crippen molar-refractivity contribution in [2.45, 2.75) is 75.8 Å². The highest BCUT2D eigenvalue weighted by atomic mass is 32.2. The number of nitrogens with zero attached hydrogens (tertiary/aromatic N) is 5. The van der Waals surface area contributed by atoms with Gasteiger partial charge in [-0.05, 0) is 70.5 Å². The first kappa shape index (κ1) is 32.8. The Kier molecular flexibility index (Phi) is 8.48. The molecular formula is C34H35F4N5O3S. The number of ether oxygens (including phenoxy) is 1. The lowest BCUT2D eigenvalue weighted by Gasteiger charge is -2.45. The fraction of sp³-hybridized carbons (Fsp3) is 0.412. The summed E-state index contributed by atoms with van der Waals surface area (Å²) >= 11 is 1.23. The molecule has 0 N–H and O–H groups in total. The lowest BCUT2D eigenvalue weighted by Crippen LogP contribution is -2.59. The van der Waals surface area contributed by atoms with Gasteiger partial charge >= 0.3 is 18.0 Å². The Balaban J connectivity index is 1.56. The molecule has 4 heterocycles. The average Bonchev–Trinajstić information content (AvgIpc) is 3.19. The van der Waals surface area contributed by atoms with Crippen molar-refractivity contribution in [1.29, 1.82) is 0 Å². The van der Waals surface area contributed by atoms with Crippen molar-refractivity contribution < 1.29 is 27.1 Å². The minimum absolute atomic E-state index is 0.113. The molecule has 0 aliphatic carbocycles. The SMILES string of the molecule is C[C@@H]1CN(c2nc(=O)n3c4c(c(-c5ccc(F)cc5)c(C(F)(F)F)cc24)SC[C@@H](c2ccccn2)C3)C[C@H](C)N1C(=O)OC(C)(C)C. The molecule has 3 atom stereocenters. The predicted molar refractivity (Wildman–Crippen MR) is 173 cm³/mol. The fourth-order valence-electron chi connectivity index (χ4n) is 6.49. The van der Waals surface area contributed by atoms with Gasteiger partial charge in [0.25, 0.3) is 0 Å². The highest BCUT2D eigenvalue weighted by molar-refractivity contribution is 7.99. The van der Waals surface area contributed by atoms with E-state index in [-0.39, 0.29) is 52.8 Å². The summed E-state index contributed by atoms with van der Waals surface area (Å²) in [4.78, 5) is 39.6. The van der Waals surface area contributed by atoms with Gasteiger partial charge in [-0.2, -0.15) is 18.2 Å². The van der Waals surface area contributed by atoms with Crippen LogP contribution < -0.4 is 10.6 Å². The largest absolute Gasteiger partial charge is 0.444 e. The van der Waals surface area contributed by atoms with Crippen molar-refractivity contribution in [1.82, 2.24) is 19.4 Å². The molecule has 1 amide bonds. The first-order chi connectivity index (χ1) is 22.1. The van der Waals surface area contributed by atoms with E-state index in [1.165, 1.54) is 28.5 Å². The van der Waals surface area contributed by atoms with Gasteiger partial charge < -0.3 is 9.64 Å². The van der Waals surface area contributed by atoms with Crippen LogP contribution in [0.5, 0.6) is 0 Å². The second kappa shape index (κ2) is 12.1. The zero-order valence-electron chi connectivity index (χ0n) is 26.6. The van der Waals surface area contributed by atoms with Crippen molar-refractivity contribution in [3.63, 3.8) is 0 Å². The molecule has 2 aromatic heterocycles. The van der Waals surface area contributed by atoms with E-state index >= 15 is 13.2 Å². The van der Waals surface area contributed by atoms with Crippen LogP contribution in [0.15, 0.2) is 64.4 Å². The van der Waals surface area contributed by atoms with Crippen LogP contribution in [0.4, 0.5) is 28.2 Å². The third-order valence-corrected chi connectivity index (χ3v) is 9.65. The maximum absolute atomic E-state index is 15.0. The van der Waals surface area contributed by atoms with Crippen LogP contribution in [0.3, 0.4) is 0 Å². The molecule has 2 aliphatic heterocycles. The number of piperazine rings is 1. The Morgan fingerprint density at radius 3 is 2.28 bits per heavy atom. The Labute approximate surface area is 273 Å². The Bertz CT molecular complexity index is 1860. The normalized spacial score (nSPS) is 20.3. The van der Waals surface area contributed by atoms with Crippen molar-refractivity contribution >= 4 is 34.6 Å². The fourth-order valence-corrected chi connectivity index (χ4v) is 7.87. The second-order valence-electron chi connectivity index (χ2n) is 13.1. The number of alkyl halides is 3. The van der Waals surface area contributed by atoms with Gasteiger partial charge in [0, 0.05) is 59.0 Å². The predicted octanol–water partition coefficient (Wildman–Crippen LogP) is 7.34. The number of rotatable bonds is 3. The van der Waals surface area contributed by atoms with Crippen LogP contribution in [0, 0.1) is 5.82 Å². The maximum atomic E-state index is 15.0. The van der Waals surface area contributed by atoms with E-state index in [0.717, 1.165) is 18.2 Å². The van der Waals surface area contributed by atoms with E-state index in [1.807, 2.05) is 26.0 Å². The third kappa shape index (κ3) is 6.41. The smallest absolute Gasteiger partial charge is 0.417 e. The standard InChI is InChI=1S/C34H35F4N5O3S/c1-19-15-41(16-20(2)43(19)32(45)46-33(3,4)5)30-24-14-25(34(36,37)38)27(21-9-11-23(35)12-10-21)29-28(24)42(31(44)40-30)17-22(18-47-29)26-8-6-7-13-39-26/h6-14,19-20,22H,15-18H2,1-5H3/t19-,20+,22-/m0/s1. The molecule has 0 unspecified atom stereocenters. The number of benzene rings is 2. The number of pyridine rings is 1. The lowest BCUT2D eigenvalue weighted by atomic mass is 9.96. The van der Waals surface area contributed by atoms with Gasteiger partial charge in [0.15, 0.2) is 0 Å². The minimum Gasteiger partial charge on any atom is -0.444 e. The quantitative estimate of drug-likeness (QED) is 0.211. The molecular weight excluding hydrogens is 634 g/mol. The van der Waals surface area contributed by atoms with Gasteiger partial charge in [0.1, 0.15) is 17.2 Å². The Hall–Kier alpha value is -4.13. The third-order valence-electron chi connectivity index (χ3n) is 8.40. The molecule has 47 heavy (non-hydrogen) atoms. The first-order valence-electron chi connectivity index (χ1n) is 15.4. The van der Waals surface area contributed by atoms with Crippen LogP contribution in [0.2, 0.25) is 0 Å². The topological polar surface area (TPSA) is 80.6 Å². The number of carbonyl (C=O) groups is 1. The number of amides is 1. The summed E-state index contributed by atoms with van der Waals surface area (Å²) in [5.74, 6) is -0.400. The van der Waals surface area contributed by atoms with Gasteiger partial charge in [-0.1, -0.05) is 18.2 Å². The van der Waals surface area contributed by atoms with E-state index in [1.54, 1.807) is 42.8 Å². The molecule has 8 nitrogen and oxygen atoms in total. The number of carbonyl (C=O) groups excluding carboxylic acids is 1. The summed E-state index contributed by atoms with van der Waals surface area (Å²) in [5.41, 5.74) is -1.10. The molecule has 0 radical (unpaired) electrons. The molecule has 6 rings (SSSR count). The van der Waals surface area contributed by atoms with Crippen LogP contribution in [0.25, 0.3) is 22.0 Å². The molecule has 0 bridgehead atoms. The highest BCUT2D eigenvalue weighted by Gasteiger charge is 2.40. The summed E-state index contributed by atoms with van der Waals surface area (Å²) in [6.45, 7) is 9.59.